The molecule has 4 aromatic rings. The molecular formula is C20H13FN4OS. The van der Waals surface area contributed by atoms with Gasteiger partial charge < -0.3 is 5.11 Å². The summed E-state index contributed by atoms with van der Waals surface area (Å²) in [6.07, 6.45) is 0. The second kappa shape index (κ2) is 6.14. The topological polar surface area (TPSA) is 63.0 Å². The average molecular weight is 376 g/mol. The van der Waals surface area contributed by atoms with Crippen molar-refractivity contribution in [3.63, 3.8) is 0 Å². The van der Waals surface area contributed by atoms with Crippen molar-refractivity contribution in [2.45, 2.75) is 5.16 Å². The smallest absolute Gasteiger partial charge is 0.214 e. The van der Waals surface area contributed by atoms with E-state index in [0.717, 1.165) is 22.0 Å². The monoisotopic (exact) mass is 376 g/mol. The number of hydrogen-bond donors (Lipinski definition) is 2. The van der Waals surface area contributed by atoms with E-state index in [0.29, 0.717) is 16.5 Å². The van der Waals surface area contributed by atoms with E-state index in [2.05, 4.69) is 15.6 Å². The van der Waals surface area contributed by atoms with Gasteiger partial charge in [-0.2, -0.15) is 0 Å². The average Bonchev–Trinajstić information content (AvgIpc) is 3.11. The van der Waals surface area contributed by atoms with Crippen LogP contribution in [0.5, 0.6) is 5.75 Å². The fourth-order valence-corrected chi connectivity index (χ4v) is 3.79. The van der Waals surface area contributed by atoms with Crippen LogP contribution in [0.1, 0.15) is 5.56 Å². The molecule has 132 valence electrons. The first-order valence-corrected chi connectivity index (χ1v) is 9.14. The zero-order chi connectivity index (χ0) is 18.4. The molecule has 27 heavy (non-hydrogen) atoms. The van der Waals surface area contributed by atoms with Crippen molar-refractivity contribution in [1.82, 2.24) is 14.9 Å². The maximum absolute atomic E-state index is 13.2. The number of nitrogens with one attached hydrogen (secondary N) is 1. The van der Waals surface area contributed by atoms with Gasteiger partial charge in [0.1, 0.15) is 11.6 Å². The summed E-state index contributed by atoms with van der Waals surface area (Å²) in [6.45, 7) is 0. The quantitative estimate of drug-likeness (QED) is 0.536. The third kappa shape index (κ3) is 2.72. The van der Waals surface area contributed by atoms with Gasteiger partial charge in [0.15, 0.2) is 5.82 Å². The summed E-state index contributed by atoms with van der Waals surface area (Å²) in [4.78, 5) is 0. The Labute approximate surface area is 158 Å². The molecule has 2 N–H and O–H groups in total. The Hall–Kier alpha value is -3.32. The van der Waals surface area contributed by atoms with E-state index in [1.165, 1.54) is 23.9 Å². The summed E-state index contributed by atoms with van der Waals surface area (Å²) >= 11 is 1.41. The summed E-state index contributed by atoms with van der Waals surface area (Å²) in [5, 5.41) is 23.5. The van der Waals surface area contributed by atoms with Gasteiger partial charge in [0.05, 0.1) is 11.3 Å². The van der Waals surface area contributed by atoms with Crippen molar-refractivity contribution in [2.75, 3.05) is 5.43 Å². The summed E-state index contributed by atoms with van der Waals surface area (Å²) in [5.74, 6) is 0.358. The highest BCUT2D eigenvalue weighted by atomic mass is 32.2. The summed E-state index contributed by atoms with van der Waals surface area (Å²) in [7, 11) is 0. The van der Waals surface area contributed by atoms with Gasteiger partial charge in [-0.05, 0) is 47.2 Å². The predicted molar refractivity (Wildman–Crippen MR) is 104 cm³/mol. The number of fused-ring (bicyclic) bond motifs is 2. The highest BCUT2D eigenvalue weighted by molar-refractivity contribution is 8.02. The van der Waals surface area contributed by atoms with E-state index < -0.39 is 0 Å². The van der Waals surface area contributed by atoms with Crippen LogP contribution in [-0.4, -0.2) is 20.0 Å². The molecular weight excluding hydrogens is 363 g/mol. The Kier molecular flexibility index (Phi) is 3.61. The minimum Gasteiger partial charge on any atom is -0.507 e. The van der Waals surface area contributed by atoms with Gasteiger partial charge in [0, 0.05) is 11.0 Å². The molecule has 0 radical (unpaired) electrons. The molecule has 0 saturated carbocycles. The molecule has 2 heterocycles. The maximum Gasteiger partial charge on any atom is 0.214 e. The minimum absolute atomic E-state index is 0.133. The van der Waals surface area contributed by atoms with Gasteiger partial charge >= 0.3 is 0 Å². The third-order valence-corrected chi connectivity index (χ3v) is 5.24. The fraction of sp³-hybridized carbons (Fsp3) is 0. The number of nitrogens with zero attached hydrogens (tertiary/aromatic N) is 3. The van der Waals surface area contributed by atoms with Crippen LogP contribution < -0.4 is 5.43 Å². The number of phenolic OH excluding ortho intramolecular Hbond substituents is 1. The van der Waals surface area contributed by atoms with Crippen molar-refractivity contribution in [3.8, 4) is 17.1 Å². The molecule has 0 saturated heterocycles. The highest BCUT2D eigenvalue weighted by Gasteiger charge is 2.21. The first kappa shape index (κ1) is 15.9. The molecule has 5 nitrogen and oxygen atoms in total. The van der Waals surface area contributed by atoms with Gasteiger partial charge in [-0.3, -0.25) is 5.43 Å². The van der Waals surface area contributed by atoms with Crippen molar-refractivity contribution in [1.29, 1.82) is 0 Å². The van der Waals surface area contributed by atoms with Crippen LogP contribution >= 0.6 is 11.8 Å². The summed E-state index contributed by atoms with van der Waals surface area (Å²) in [6, 6.07) is 17.7. The summed E-state index contributed by atoms with van der Waals surface area (Å²) in [5.41, 5.74) is 5.48. The number of halogens is 1. The SMILES string of the molecule is Oc1cc2ccccc2cc1-c1nnc2n1NC(c1ccc(F)cc1)=CS2. The van der Waals surface area contributed by atoms with Crippen LogP contribution in [0.3, 0.4) is 0 Å². The number of thioether (sulfide) groups is 1. The molecule has 0 spiro atoms. The minimum atomic E-state index is -0.283. The number of aromatic nitrogens is 3. The Morgan fingerprint density at radius 1 is 0.963 bits per heavy atom. The molecule has 3 aromatic carbocycles. The van der Waals surface area contributed by atoms with E-state index in [4.69, 9.17) is 0 Å². The maximum atomic E-state index is 13.2. The van der Waals surface area contributed by atoms with Crippen LogP contribution in [0.4, 0.5) is 4.39 Å². The van der Waals surface area contributed by atoms with E-state index in [1.807, 2.05) is 35.7 Å². The highest BCUT2D eigenvalue weighted by Crippen LogP contribution is 2.36. The zero-order valence-electron chi connectivity index (χ0n) is 13.9. The van der Waals surface area contributed by atoms with Gasteiger partial charge in [-0.1, -0.05) is 36.0 Å². The van der Waals surface area contributed by atoms with Gasteiger partial charge in [0.25, 0.3) is 0 Å². The van der Waals surface area contributed by atoms with E-state index >= 15 is 0 Å². The predicted octanol–water partition coefficient (Wildman–Crippen LogP) is 4.59. The van der Waals surface area contributed by atoms with Crippen molar-refractivity contribution in [3.05, 3.63) is 77.5 Å². The molecule has 1 aromatic heterocycles. The summed E-state index contributed by atoms with van der Waals surface area (Å²) < 4.78 is 14.9. The second-order valence-electron chi connectivity index (χ2n) is 6.13. The lowest BCUT2D eigenvalue weighted by molar-refractivity contribution is 0.477. The van der Waals surface area contributed by atoms with Crippen LogP contribution in [-0.2, 0) is 0 Å². The Morgan fingerprint density at radius 2 is 1.70 bits per heavy atom. The van der Waals surface area contributed by atoms with E-state index in [-0.39, 0.29) is 11.6 Å². The molecule has 0 aliphatic carbocycles. The first-order valence-electron chi connectivity index (χ1n) is 8.26. The number of aromatic hydroxyl groups is 1. The number of phenols is 1. The largest absolute Gasteiger partial charge is 0.507 e. The van der Waals surface area contributed by atoms with Crippen LogP contribution in [0.15, 0.2) is 71.2 Å². The van der Waals surface area contributed by atoms with Crippen LogP contribution in [0.25, 0.3) is 27.9 Å². The van der Waals surface area contributed by atoms with Crippen molar-refractivity contribution in [2.24, 2.45) is 0 Å². The zero-order valence-corrected chi connectivity index (χ0v) is 14.7. The molecule has 5 rings (SSSR count). The molecule has 0 unspecified atom stereocenters. The van der Waals surface area contributed by atoms with Gasteiger partial charge in [-0.25, -0.2) is 9.07 Å². The van der Waals surface area contributed by atoms with E-state index in [9.17, 15) is 9.50 Å². The standard InChI is InChI=1S/C20H13FN4OS/c21-15-7-5-12(6-8-15)17-11-27-20-23-22-19(25(20)24-17)16-9-13-3-1-2-4-14(13)10-18(16)26/h1-11,24,26H. The molecule has 0 atom stereocenters. The second-order valence-corrected chi connectivity index (χ2v) is 6.96. The van der Waals surface area contributed by atoms with E-state index in [1.54, 1.807) is 22.9 Å². The first-order chi connectivity index (χ1) is 13.2. The molecule has 0 bridgehead atoms. The fourth-order valence-electron chi connectivity index (χ4n) is 3.05. The van der Waals surface area contributed by atoms with Crippen LogP contribution in [0.2, 0.25) is 0 Å². The Bertz CT molecular complexity index is 1200. The molecule has 0 fully saturated rings. The molecule has 1 aliphatic rings. The normalized spacial score (nSPS) is 13.1. The lowest BCUT2D eigenvalue weighted by Gasteiger charge is -2.19. The number of rotatable bonds is 2. The lowest BCUT2D eigenvalue weighted by atomic mass is 10.1. The lowest BCUT2D eigenvalue weighted by Crippen LogP contribution is -2.18. The van der Waals surface area contributed by atoms with Crippen molar-refractivity contribution >= 4 is 28.2 Å². The molecule has 7 heteroatoms. The van der Waals surface area contributed by atoms with Crippen LogP contribution in [0, 0.1) is 5.82 Å². The third-order valence-electron chi connectivity index (χ3n) is 4.41. The van der Waals surface area contributed by atoms with Gasteiger partial charge in [-0.15, -0.1) is 10.2 Å². The molecule has 1 aliphatic heterocycles. The Morgan fingerprint density at radius 3 is 2.48 bits per heavy atom. The number of benzene rings is 3. The number of hydrogen-bond acceptors (Lipinski definition) is 5. The van der Waals surface area contributed by atoms with Crippen molar-refractivity contribution < 1.29 is 9.50 Å². The van der Waals surface area contributed by atoms with Gasteiger partial charge in [0.2, 0.25) is 5.16 Å². The molecule has 0 amide bonds. The Balaban J connectivity index is 1.58.